The fourth-order valence-electron chi connectivity index (χ4n) is 3.19. The van der Waals surface area contributed by atoms with Gasteiger partial charge in [-0.2, -0.15) is 0 Å². The molecule has 2 aromatic rings. The van der Waals surface area contributed by atoms with E-state index in [1.807, 2.05) is 0 Å². The van der Waals surface area contributed by atoms with Crippen molar-refractivity contribution in [3.8, 4) is 0 Å². The highest BCUT2D eigenvalue weighted by Gasteiger charge is 2.26. The molecule has 4 N–H and O–H groups in total. The lowest BCUT2D eigenvalue weighted by atomic mass is 9.88. The van der Waals surface area contributed by atoms with Crippen LogP contribution < -0.4 is 16.4 Å². The molecule has 0 spiro atoms. The first kappa shape index (κ1) is 19.8. The maximum absolute atomic E-state index is 12.2. The summed E-state index contributed by atoms with van der Waals surface area (Å²) in [7, 11) is 0. The van der Waals surface area contributed by atoms with Gasteiger partial charge in [-0.1, -0.05) is 30.7 Å². The molecular weight excluding hydrogens is 402 g/mol. The molecule has 0 fully saturated rings. The maximum Gasteiger partial charge on any atom is 0.251 e. The third-order valence-electron chi connectivity index (χ3n) is 4.52. The van der Waals surface area contributed by atoms with Gasteiger partial charge in [0.1, 0.15) is 5.00 Å². The van der Waals surface area contributed by atoms with Gasteiger partial charge >= 0.3 is 0 Å². The molecule has 2 amide bonds. The topological polar surface area (TPSA) is 84.2 Å². The number of thiophene rings is 1. The molecule has 0 radical (unpaired) electrons. The Kier molecular flexibility index (Phi) is 6.14. The van der Waals surface area contributed by atoms with Crippen molar-refractivity contribution in [1.29, 1.82) is 0 Å². The SMILES string of the molecule is C[C@@H]1CCc2c(sc(NC(=S)NC(=O)Cc3ccc(Cl)cc3)c2C(N)=O)C1. The molecule has 142 valence electrons. The zero-order chi connectivity index (χ0) is 19.6. The summed E-state index contributed by atoms with van der Waals surface area (Å²) in [5.74, 6) is -0.138. The minimum Gasteiger partial charge on any atom is -0.365 e. The van der Waals surface area contributed by atoms with Crippen molar-refractivity contribution in [2.24, 2.45) is 11.7 Å². The minimum absolute atomic E-state index is 0.156. The molecule has 27 heavy (non-hydrogen) atoms. The van der Waals surface area contributed by atoms with E-state index < -0.39 is 5.91 Å². The Morgan fingerprint density at radius 3 is 2.70 bits per heavy atom. The van der Waals surface area contributed by atoms with E-state index in [-0.39, 0.29) is 17.4 Å². The van der Waals surface area contributed by atoms with Crippen LogP contribution in [0.2, 0.25) is 5.02 Å². The van der Waals surface area contributed by atoms with Crippen LogP contribution in [0.25, 0.3) is 0 Å². The van der Waals surface area contributed by atoms with Crippen molar-refractivity contribution in [3.63, 3.8) is 0 Å². The number of hydrogen-bond acceptors (Lipinski definition) is 4. The van der Waals surface area contributed by atoms with Crippen LogP contribution >= 0.6 is 35.2 Å². The monoisotopic (exact) mass is 421 g/mol. The van der Waals surface area contributed by atoms with Gasteiger partial charge in [0.2, 0.25) is 5.91 Å². The number of thiocarbonyl (C=S) groups is 1. The van der Waals surface area contributed by atoms with Gasteiger partial charge in [-0.15, -0.1) is 11.3 Å². The molecule has 3 rings (SSSR count). The van der Waals surface area contributed by atoms with Gasteiger partial charge in [0.05, 0.1) is 12.0 Å². The van der Waals surface area contributed by atoms with Gasteiger partial charge in [0, 0.05) is 9.90 Å². The Hall–Kier alpha value is -1.96. The third kappa shape index (κ3) is 4.86. The van der Waals surface area contributed by atoms with Gasteiger partial charge in [0.25, 0.3) is 5.91 Å². The van der Waals surface area contributed by atoms with Gasteiger partial charge in [0.15, 0.2) is 5.11 Å². The number of amides is 2. The predicted molar refractivity (Wildman–Crippen MR) is 114 cm³/mol. The molecule has 1 aromatic carbocycles. The number of nitrogens with one attached hydrogen (secondary N) is 2. The van der Waals surface area contributed by atoms with Crippen LogP contribution in [-0.2, 0) is 24.1 Å². The van der Waals surface area contributed by atoms with E-state index in [1.165, 1.54) is 16.2 Å². The fourth-order valence-corrected chi connectivity index (χ4v) is 5.02. The first-order chi connectivity index (χ1) is 12.8. The predicted octanol–water partition coefficient (Wildman–Crippen LogP) is 3.68. The minimum atomic E-state index is -0.472. The molecule has 1 aliphatic rings. The lowest BCUT2D eigenvalue weighted by molar-refractivity contribution is -0.119. The summed E-state index contributed by atoms with van der Waals surface area (Å²) in [5.41, 5.74) is 7.94. The molecule has 0 saturated heterocycles. The fraction of sp³-hybridized carbons (Fsp3) is 0.316. The van der Waals surface area contributed by atoms with E-state index in [0.29, 0.717) is 21.5 Å². The summed E-state index contributed by atoms with van der Waals surface area (Å²) in [5, 5.41) is 7.02. The van der Waals surface area contributed by atoms with Crippen molar-refractivity contribution in [1.82, 2.24) is 5.32 Å². The van der Waals surface area contributed by atoms with Gasteiger partial charge in [-0.25, -0.2) is 0 Å². The lowest BCUT2D eigenvalue weighted by Crippen LogP contribution is -2.35. The highest BCUT2D eigenvalue weighted by atomic mass is 35.5. The van der Waals surface area contributed by atoms with Crippen LogP contribution in [-0.4, -0.2) is 16.9 Å². The van der Waals surface area contributed by atoms with Crippen molar-refractivity contribution in [3.05, 3.63) is 50.9 Å². The Morgan fingerprint density at radius 1 is 1.33 bits per heavy atom. The molecule has 0 saturated carbocycles. The van der Waals surface area contributed by atoms with E-state index >= 15 is 0 Å². The van der Waals surface area contributed by atoms with E-state index in [1.54, 1.807) is 24.3 Å². The second-order valence-electron chi connectivity index (χ2n) is 6.73. The number of carbonyl (C=O) groups excluding carboxylic acids is 2. The van der Waals surface area contributed by atoms with Crippen LogP contribution in [0, 0.1) is 5.92 Å². The number of anilines is 1. The molecule has 1 aromatic heterocycles. The summed E-state index contributed by atoms with van der Waals surface area (Å²) in [6.07, 6.45) is 2.98. The average Bonchev–Trinajstić information content (AvgIpc) is 2.93. The standard InChI is InChI=1S/C19H20ClN3O2S2/c1-10-2-7-13-14(8-10)27-18(16(13)17(21)25)23-19(26)22-15(24)9-11-3-5-12(20)6-4-11/h3-6,10H,2,7-9H2,1H3,(H2,21,25)(H2,22,23,24,26)/t10-/m1/s1. The highest BCUT2D eigenvalue weighted by Crippen LogP contribution is 2.39. The molecule has 1 heterocycles. The average molecular weight is 422 g/mol. The number of nitrogens with two attached hydrogens (primary N) is 1. The van der Waals surface area contributed by atoms with Crippen LogP contribution in [0.1, 0.15) is 39.7 Å². The van der Waals surface area contributed by atoms with Crippen molar-refractivity contribution >= 4 is 57.1 Å². The molecule has 0 unspecified atom stereocenters. The zero-order valence-electron chi connectivity index (χ0n) is 14.8. The number of fused-ring (bicyclic) bond motifs is 1. The van der Waals surface area contributed by atoms with Crippen LogP contribution in [0.4, 0.5) is 5.00 Å². The second kappa shape index (κ2) is 8.37. The third-order valence-corrected chi connectivity index (χ3v) is 6.14. The largest absolute Gasteiger partial charge is 0.365 e. The first-order valence-electron chi connectivity index (χ1n) is 8.63. The molecule has 0 bridgehead atoms. The molecule has 1 aliphatic carbocycles. The number of carbonyl (C=O) groups is 2. The van der Waals surface area contributed by atoms with Crippen LogP contribution in [0.5, 0.6) is 0 Å². The smallest absolute Gasteiger partial charge is 0.251 e. The van der Waals surface area contributed by atoms with Gasteiger partial charge in [-0.05, 0) is 60.7 Å². The molecule has 8 heteroatoms. The lowest BCUT2D eigenvalue weighted by Gasteiger charge is -2.18. The van der Waals surface area contributed by atoms with E-state index in [9.17, 15) is 9.59 Å². The summed E-state index contributed by atoms with van der Waals surface area (Å²) >= 11 is 12.6. The Balaban J connectivity index is 1.67. The van der Waals surface area contributed by atoms with Gasteiger partial charge in [-0.3, -0.25) is 9.59 Å². The van der Waals surface area contributed by atoms with Crippen LogP contribution in [0.3, 0.4) is 0 Å². The van der Waals surface area contributed by atoms with E-state index in [0.717, 1.165) is 30.4 Å². The first-order valence-corrected chi connectivity index (χ1v) is 10.2. The molecular formula is C19H20ClN3O2S2. The van der Waals surface area contributed by atoms with Crippen LogP contribution in [0.15, 0.2) is 24.3 Å². The van der Waals surface area contributed by atoms with Gasteiger partial charge < -0.3 is 16.4 Å². The normalized spacial score (nSPS) is 15.7. The number of benzene rings is 1. The number of primary amides is 1. The number of hydrogen-bond donors (Lipinski definition) is 3. The van der Waals surface area contributed by atoms with E-state index in [4.69, 9.17) is 29.6 Å². The summed E-state index contributed by atoms with van der Waals surface area (Å²) in [4.78, 5) is 25.3. The number of rotatable bonds is 4. The van der Waals surface area contributed by atoms with Crippen molar-refractivity contribution < 1.29 is 9.59 Å². The highest BCUT2D eigenvalue weighted by molar-refractivity contribution is 7.80. The zero-order valence-corrected chi connectivity index (χ0v) is 17.2. The quantitative estimate of drug-likeness (QED) is 0.657. The summed E-state index contributed by atoms with van der Waals surface area (Å²) < 4.78 is 0. The second-order valence-corrected chi connectivity index (χ2v) is 8.68. The summed E-state index contributed by atoms with van der Waals surface area (Å²) in [6.45, 7) is 2.20. The molecule has 0 aliphatic heterocycles. The Morgan fingerprint density at radius 2 is 2.04 bits per heavy atom. The summed E-state index contributed by atoms with van der Waals surface area (Å²) in [6, 6.07) is 7.05. The molecule has 1 atom stereocenters. The van der Waals surface area contributed by atoms with Crippen molar-refractivity contribution in [2.75, 3.05) is 5.32 Å². The Bertz CT molecular complexity index is 893. The molecule has 5 nitrogen and oxygen atoms in total. The maximum atomic E-state index is 12.2. The van der Waals surface area contributed by atoms with Crippen molar-refractivity contribution in [2.45, 2.75) is 32.6 Å². The van der Waals surface area contributed by atoms with E-state index in [2.05, 4.69) is 17.6 Å². The Labute approximate surface area is 172 Å². The number of halogens is 1.